The van der Waals surface area contributed by atoms with E-state index >= 15 is 0 Å². The van der Waals surface area contributed by atoms with Crippen LogP contribution in [0.3, 0.4) is 0 Å². The first-order valence-corrected chi connectivity index (χ1v) is 8.09. The fourth-order valence-corrected chi connectivity index (χ4v) is 3.58. The van der Waals surface area contributed by atoms with Gasteiger partial charge in [0.25, 0.3) is 0 Å². The van der Waals surface area contributed by atoms with Crippen LogP contribution in [0.1, 0.15) is 33.2 Å². The van der Waals surface area contributed by atoms with Gasteiger partial charge in [0, 0.05) is 30.1 Å². The second-order valence-electron chi connectivity index (χ2n) is 4.16. The second kappa shape index (κ2) is 6.33. The molecule has 0 bridgehead atoms. The summed E-state index contributed by atoms with van der Waals surface area (Å²) in [7, 11) is 0. The summed E-state index contributed by atoms with van der Waals surface area (Å²) in [6.07, 6.45) is 0. The lowest BCUT2D eigenvalue weighted by Crippen LogP contribution is -2.10. The summed E-state index contributed by atoms with van der Waals surface area (Å²) in [4.78, 5) is 24.4. The SMILES string of the molecule is CC(=O)c1c(C(=O)c2ccccc2)cc(Br)c(Br)c1Br. The molecular weight excluding hydrogens is 452 g/mol. The molecule has 0 amide bonds. The summed E-state index contributed by atoms with van der Waals surface area (Å²) >= 11 is 10.1. The van der Waals surface area contributed by atoms with Gasteiger partial charge >= 0.3 is 0 Å². The van der Waals surface area contributed by atoms with E-state index in [0.29, 0.717) is 30.1 Å². The second-order valence-corrected chi connectivity index (χ2v) is 6.60. The summed E-state index contributed by atoms with van der Waals surface area (Å²) in [6.45, 7) is 1.45. The highest BCUT2D eigenvalue weighted by atomic mass is 79.9. The largest absolute Gasteiger partial charge is 0.294 e. The Hall–Kier alpha value is -0.780. The molecule has 0 aliphatic heterocycles. The molecule has 0 aliphatic carbocycles. The van der Waals surface area contributed by atoms with Gasteiger partial charge in [-0.25, -0.2) is 0 Å². The minimum absolute atomic E-state index is 0.163. The molecule has 2 nitrogen and oxygen atoms in total. The third-order valence-electron chi connectivity index (χ3n) is 2.79. The minimum Gasteiger partial charge on any atom is -0.294 e. The van der Waals surface area contributed by atoms with Gasteiger partial charge in [0.1, 0.15) is 0 Å². The van der Waals surface area contributed by atoms with Crippen LogP contribution in [-0.2, 0) is 0 Å². The van der Waals surface area contributed by atoms with Crippen molar-refractivity contribution in [3.05, 3.63) is 66.5 Å². The monoisotopic (exact) mass is 458 g/mol. The van der Waals surface area contributed by atoms with E-state index in [-0.39, 0.29) is 11.6 Å². The third-order valence-corrected chi connectivity index (χ3v) is 6.10. The summed E-state index contributed by atoms with van der Waals surface area (Å²) in [5, 5.41) is 0. The van der Waals surface area contributed by atoms with E-state index < -0.39 is 0 Å². The Morgan fingerprint density at radius 3 is 2.10 bits per heavy atom. The average molecular weight is 461 g/mol. The Labute approximate surface area is 142 Å². The number of hydrogen-bond donors (Lipinski definition) is 0. The van der Waals surface area contributed by atoms with Crippen LogP contribution >= 0.6 is 47.8 Å². The number of halogens is 3. The Morgan fingerprint density at radius 2 is 1.55 bits per heavy atom. The normalized spacial score (nSPS) is 10.4. The molecular formula is C15H9Br3O2. The molecule has 2 rings (SSSR count). The Balaban J connectivity index is 2.68. The van der Waals surface area contributed by atoms with Crippen LogP contribution < -0.4 is 0 Å². The summed E-state index contributed by atoms with van der Waals surface area (Å²) < 4.78 is 2.01. The van der Waals surface area contributed by atoms with Crippen LogP contribution in [0.25, 0.3) is 0 Å². The lowest BCUT2D eigenvalue weighted by Gasteiger charge is -2.12. The smallest absolute Gasteiger partial charge is 0.193 e. The number of ketones is 2. The van der Waals surface area contributed by atoms with Crippen LogP contribution in [0.15, 0.2) is 49.8 Å². The van der Waals surface area contributed by atoms with Crippen molar-refractivity contribution in [1.82, 2.24) is 0 Å². The highest BCUT2D eigenvalue weighted by Gasteiger charge is 2.22. The number of rotatable bonds is 3. The zero-order valence-corrected chi connectivity index (χ0v) is 15.2. The molecule has 0 aromatic heterocycles. The molecule has 2 aromatic carbocycles. The predicted octanol–water partition coefficient (Wildman–Crippen LogP) is 5.41. The molecule has 102 valence electrons. The van der Waals surface area contributed by atoms with Gasteiger partial charge in [-0.05, 0) is 60.8 Å². The lowest BCUT2D eigenvalue weighted by molar-refractivity contribution is 0.0989. The number of Topliss-reactive ketones (excluding diaryl/α,β-unsaturated/α-hetero) is 1. The zero-order valence-electron chi connectivity index (χ0n) is 10.4. The molecule has 0 heterocycles. The van der Waals surface area contributed by atoms with Crippen LogP contribution in [0.4, 0.5) is 0 Å². The van der Waals surface area contributed by atoms with Crippen molar-refractivity contribution in [1.29, 1.82) is 0 Å². The van der Waals surface area contributed by atoms with E-state index in [4.69, 9.17) is 0 Å². The molecule has 0 aliphatic rings. The fourth-order valence-electron chi connectivity index (χ4n) is 1.86. The van der Waals surface area contributed by atoms with Gasteiger partial charge in [0.2, 0.25) is 0 Å². The summed E-state index contributed by atoms with van der Waals surface area (Å²) in [5.41, 5.74) is 1.32. The number of carbonyl (C=O) groups excluding carboxylic acids is 2. The molecule has 20 heavy (non-hydrogen) atoms. The Morgan fingerprint density at radius 1 is 0.950 bits per heavy atom. The van der Waals surface area contributed by atoms with Gasteiger partial charge < -0.3 is 0 Å². The van der Waals surface area contributed by atoms with Crippen LogP contribution in [-0.4, -0.2) is 11.6 Å². The lowest BCUT2D eigenvalue weighted by atomic mass is 9.96. The van der Waals surface area contributed by atoms with Crippen molar-refractivity contribution in [2.45, 2.75) is 6.92 Å². The van der Waals surface area contributed by atoms with Crippen LogP contribution in [0.2, 0.25) is 0 Å². The van der Waals surface area contributed by atoms with Crippen molar-refractivity contribution in [2.75, 3.05) is 0 Å². The Kier molecular flexibility index (Phi) is 4.94. The fraction of sp³-hybridized carbons (Fsp3) is 0.0667. The van der Waals surface area contributed by atoms with Crippen molar-refractivity contribution in [2.24, 2.45) is 0 Å². The summed E-state index contributed by atoms with van der Waals surface area (Å²) in [6, 6.07) is 10.6. The molecule has 0 unspecified atom stereocenters. The third kappa shape index (κ3) is 2.95. The van der Waals surface area contributed by atoms with Crippen molar-refractivity contribution < 1.29 is 9.59 Å². The van der Waals surface area contributed by atoms with E-state index in [1.54, 1.807) is 30.3 Å². The van der Waals surface area contributed by atoms with Crippen LogP contribution in [0, 0.1) is 0 Å². The molecule has 0 spiro atoms. The quantitative estimate of drug-likeness (QED) is 0.453. The highest BCUT2D eigenvalue weighted by molar-refractivity contribution is 9.14. The molecule has 0 N–H and O–H groups in total. The molecule has 5 heteroatoms. The van der Waals surface area contributed by atoms with Gasteiger partial charge in [-0.2, -0.15) is 0 Å². The maximum atomic E-state index is 12.6. The molecule has 0 saturated heterocycles. The molecule has 0 atom stereocenters. The predicted molar refractivity (Wildman–Crippen MR) is 89.4 cm³/mol. The zero-order chi connectivity index (χ0) is 14.9. The maximum absolute atomic E-state index is 12.6. The van der Waals surface area contributed by atoms with E-state index in [9.17, 15) is 9.59 Å². The van der Waals surface area contributed by atoms with Crippen molar-refractivity contribution in [3.63, 3.8) is 0 Å². The standard InChI is InChI=1S/C15H9Br3O2/c1-8(19)12-10(7-11(16)13(17)14(12)18)15(20)9-5-3-2-4-6-9/h2-7H,1H3. The number of carbonyl (C=O) groups is 2. The molecule has 0 saturated carbocycles. The topological polar surface area (TPSA) is 34.1 Å². The first kappa shape index (κ1) is 15.6. The van der Waals surface area contributed by atoms with E-state index in [2.05, 4.69) is 47.8 Å². The van der Waals surface area contributed by atoms with E-state index in [1.807, 2.05) is 6.07 Å². The van der Waals surface area contributed by atoms with Gasteiger partial charge in [0.15, 0.2) is 11.6 Å². The van der Waals surface area contributed by atoms with Gasteiger partial charge in [-0.1, -0.05) is 30.3 Å². The minimum atomic E-state index is -0.176. The van der Waals surface area contributed by atoms with Gasteiger partial charge in [0.05, 0.1) is 0 Å². The van der Waals surface area contributed by atoms with Gasteiger partial charge in [-0.15, -0.1) is 0 Å². The van der Waals surface area contributed by atoms with E-state index in [1.165, 1.54) is 6.92 Å². The molecule has 0 fully saturated rings. The van der Waals surface area contributed by atoms with Crippen LogP contribution in [0.5, 0.6) is 0 Å². The number of hydrogen-bond acceptors (Lipinski definition) is 2. The van der Waals surface area contributed by atoms with Crippen molar-refractivity contribution in [3.8, 4) is 0 Å². The average Bonchev–Trinajstić information content (AvgIpc) is 2.44. The van der Waals surface area contributed by atoms with E-state index in [0.717, 1.165) is 0 Å². The molecule has 2 aromatic rings. The Bertz CT molecular complexity index is 694. The summed E-state index contributed by atoms with van der Waals surface area (Å²) in [5.74, 6) is -0.339. The highest BCUT2D eigenvalue weighted by Crippen LogP contribution is 2.37. The first-order chi connectivity index (χ1) is 9.43. The number of benzene rings is 2. The maximum Gasteiger partial charge on any atom is 0.193 e. The van der Waals surface area contributed by atoms with Crippen molar-refractivity contribution >= 4 is 59.4 Å². The first-order valence-electron chi connectivity index (χ1n) is 5.71. The van der Waals surface area contributed by atoms with Gasteiger partial charge in [-0.3, -0.25) is 9.59 Å². The molecule has 0 radical (unpaired) electrons.